The lowest BCUT2D eigenvalue weighted by atomic mass is 10.1. The van der Waals surface area contributed by atoms with Crippen LogP contribution in [0.15, 0.2) is 22.8 Å². The van der Waals surface area contributed by atoms with Crippen LogP contribution in [0.4, 0.5) is 0 Å². The number of carbonyl (C=O) groups excluding carboxylic acids is 1. The highest BCUT2D eigenvalue weighted by Gasteiger charge is 2.20. The Hall–Kier alpha value is -1.29. The van der Waals surface area contributed by atoms with E-state index in [0.717, 1.165) is 32.5 Å². The molecule has 2 rings (SSSR count). The highest BCUT2D eigenvalue weighted by Crippen LogP contribution is 2.10. The van der Waals surface area contributed by atoms with E-state index in [1.54, 1.807) is 12.1 Å². The Morgan fingerprint density at radius 3 is 2.88 bits per heavy atom. The molecule has 0 bridgehead atoms. The quantitative estimate of drug-likeness (QED) is 0.842. The van der Waals surface area contributed by atoms with Crippen LogP contribution < -0.4 is 5.32 Å². The monoisotopic (exact) mass is 222 g/mol. The molecule has 1 amide bonds. The molecule has 1 saturated heterocycles. The Morgan fingerprint density at radius 1 is 1.56 bits per heavy atom. The van der Waals surface area contributed by atoms with Gasteiger partial charge in [0.15, 0.2) is 5.76 Å². The van der Waals surface area contributed by atoms with E-state index in [1.165, 1.54) is 6.26 Å². The standard InChI is InChI=1S/C12H18N2O2/c1-2-14-7-5-10(6-8-14)13-12(15)11-4-3-9-16-11/h3-4,9-10H,2,5-8H2,1H3,(H,13,15). The van der Waals surface area contributed by atoms with Crippen molar-refractivity contribution in [3.05, 3.63) is 24.2 Å². The van der Waals surface area contributed by atoms with Crippen molar-refractivity contribution in [3.63, 3.8) is 0 Å². The third-order valence-electron chi connectivity index (χ3n) is 3.11. The van der Waals surface area contributed by atoms with Crippen molar-refractivity contribution in [2.45, 2.75) is 25.8 Å². The van der Waals surface area contributed by atoms with Crippen molar-refractivity contribution in [1.82, 2.24) is 10.2 Å². The summed E-state index contributed by atoms with van der Waals surface area (Å²) in [6.07, 6.45) is 3.58. The van der Waals surface area contributed by atoms with Crippen molar-refractivity contribution in [2.24, 2.45) is 0 Å². The Morgan fingerprint density at radius 2 is 2.31 bits per heavy atom. The minimum Gasteiger partial charge on any atom is -0.459 e. The second kappa shape index (κ2) is 5.16. The predicted molar refractivity (Wildman–Crippen MR) is 61.3 cm³/mol. The van der Waals surface area contributed by atoms with Gasteiger partial charge in [-0.3, -0.25) is 4.79 Å². The van der Waals surface area contributed by atoms with Crippen molar-refractivity contribution in [2.75, 3.05) is 19.6 Å². The van der Waals surface area contributed by atoms with E-state index in [2.05, 4.69) is 17.1 Å². The fraction of sp³-hybridized carbons (Fsp3) is 0.583. The molecule has 0 radical (unpaired) electrons. The molecule has 1 aliphatic heterocycles. The van der Waals surface area contributed by atoms with E-state index in [0.29, 0.717) is 11.8 Å². The molecule has 1 aromatic heterocycles. The zero-order chi connectivity index (χ0) is 11.4. The van der Waals surface area contributed by atoms with Gasteiger partial charge in [-0.2, -0.15) is 0 Å². The summed E-state index contributed by atoms with van der Waals surface area (Å²) in [5, 5.41) is 3.01. The van der Waals surface area contributed by atoms with Crippen LogP contribution in [0.2, 0.25) is 0 Å². The third kappa shape index (κ3) is 2.64. The summed E-state index contributed by atoms with van der Waals surface area (Å²) in [7, 11) is 0. The summed E-state index contributed by atoms with van der Waals surface area (Å²) in [5.41, 5.74) is 0. The first-order valence-electron chi connectivity index (χ1n) is 5.86. The summed E-state index contributed by atoms with van der Waals surface area (Å²) in [4.78, 5) is 14.1. The molecule has 1 fully saturated rings. The first-order valence-corrected chi connectivity index (χ1v) is 5.86. The normalized spacial score (nSPS) is 18.6. The van der Waals surface area contributed by atoms with Crippen LogP contribution in [0.25, 0.3) is 0 Å². The number of hydrogen-bond acceptors (Lipinski definition) is 3. The molecule has 1 aromatic rings. The number of hydrogen-bond donors (Lipinski definition) is 1. The summed E-state index contributed by atoms with van der Waals surface area (Å²) in [6, 6.07) is 3.71. The smallest absolute Gasteiger partial charge is 0.287 e. The van der Waals surface area contributed by atoms with E-state index in [4.69, 9.17) is 4.42 Å². The van der Waals surface area contributed by atoms with Gasteiger partial charge in [0.25, 0.3) is 5.91 Å². The lowest BCUT2D eigenvalue weighted by Crippen LogP contribution is -2.44. The van der Waals surface area contributed by atoms with Crippen LogP contribution in [0.3, 0.4) is 0 Å². The van der Waals surface area contributed by atoms with Crippen molar-refractivity contribution < 1.29 is 9.21 Å². The minimum absolute atomic E-state index is 0.0973. The topological polar surface area (TPSA) is 45.5 Å². The molecule has 0 saturated carbocycles. The fourth-order valence-corrected chi connectivity index (χ4v) is 2.06. The maximum Gasteiger partial charge on any atom is 0.287 e. The molecule has 2 heterocycles. The summed E-state index contributed by atoms with van der Waals surface area (Å²) in [6.45, 7) is 5.40. The molecule has 0 spiro atoms. The number of nitrogens with one attached hydrogen (secondary N) is 1. The van der Waals surface area contributed by atoms with E-state index in [1.807, 2.05) is 0 Å². The average Bonchev–Trinajstić information content (AvgIpc) is 2.83. The molecule has 4 nitrogen and oxygen atoms in total. The Labute approximate surface area is 95.6 Å². The zero-order valence-corrected chi connectivity index (χ0v) is 9.61. The Bertz CT molecular complexity index is 327. The van der Waals surface area contributed by atoms with E-state index in [-0.39, 0.29) is 5.91 Å². The van der Waals surface area contributed by atoms with Gasteiger partial charge in [-0.25, -0.2) is 0 Å². The van der Waals surface area contributed by atoms with Crippen LogP contribution in [0.1, 0.15) is 30.3 Å². The molecular weight excluding hydrogens is 204 g/mol. The van der Waals surface area contributed by atoms with Gasteiger partial charge in [-0.05, 0) is 31.5 Å². The number of carbonyl (C=O) groups is 1. The lowest BCUT2D eigenvalue weighted by Gasteiger charge is -2.31. The van der Waals surface area contributed by atoms with Crippen LogP contribution >= 0.6 is 0 Å². The predicted octanol–water partition coefficient (Wildman–Crippen LogP) is 1.49. The van der Waals surface area contributed by atoms with Crippen LogP contribution in [0.5, 0.6) is 0 Å². The first-order chi connectivity index (χ1) is 7.79. The highest BCUT2D eigenvalue weighted by molar-refractivity contribution is 5.91. The van der Waals surface area contributed by atoms with E-state index < -0.39 is 0 Å². The van der Waals surface area contributed by atoms with E-state index >= 15 is 0 Å². The second-order valence-electron chi connectivity index (χ2n) is 4.16. The van der Waals surface area contributed by atoms with Gasteiger partial charge in [0.05, 0.1) is 6.26 Å². The molecule has 0 aliphatic carbocycles. The number of rotatable bonds is 3. The number of amides is 1. The molecule has 16 heavy (non-hydrogen) atoms. The number of nitrogens with zero attached hydrogens (tertiary/aromatic N) is 1. The maximum atomic E-state index is 11.7. The van der Waals surface area contributed by atoms with Gasteiger partial charge in [0, 0.05) is 19.1 Å². The number of piperidine rings is 1. The Balaban J connectivity index is 1.81. The van der Waals surface area contributed by atoms with Crippen molar-refractivity contribution in [1.29, 1.82) is 0 Å². The summed E-state index contributed by atoms with van der Waals surface area (Å²) >= 11 is 0. The lowest BCUT2D eigenvalue weighted by molar-refractivity contribution is 0.0884. The zero-order valence-electron chi connectivity index (χ0n) is 9.61. The SMILES string of the molecule is CCN1CCC(NC(=O)c2ccco2)CC1. The van der Waals surface area contributed by atoms with Crippen molar-refractivity contribution >= 4 is 5.91 Å². The van der Waals surface area contributed by atoms with E-state index in [9.17, 15) is 4.79 Å². The van der Waals surface area contributed by atoms with Crippen LogP contribution in [-0.2, 0) is 0 Å². The first kappa shape index (κ1) is 11.2. The molecular formula is C12H18N2O2. The van der Waals surface area contributed by atoms with Crippen molar-refractivity contribution in [3.8, 4) is 0 Å². The molecule has 4 heteroatoms. The Kier molecular flexibility index (Phi) is 3.62. The van der Waals surface area contributed by atoms with Gasteiger partial charge in [-0.1, -0.05) is 6.92 Å². The minimum atomic E-state index is -0.0973. The molecule has 0 atom stereocenters. The maximum absolute atomic E-state index is 11.7. The van der Waals surface area contributed by atoms with Gasteiger partial charge < -0.3 is 14.6 Å². The number of likely N-dealkylation sites (tertiary alicyclic amines) is 1. The van der Waals surface area contributed by atoms with Gasteiger partial charge in [-0.15, -0.1) is 0 Å². The molecule has 88 valence electrons. The number of furan rings is 1. The molecule has 1 N–H and O–H groups in total. The molecule has 1 aliphatic rings. The average molecular weight is 222 g/mol. The fourth-order valence-electron chi connectivity index (χ4n) is 2.06. The molecule has 0 aromatic carbocycles. The van der Waals surface area contributed by atoms with Gasteiger partial charge >= 0.3 is 0 Å². The molecule has 0 unspecified atom stereocenters. The van der Waals surface area contributed by atoms with Gasteiger partial charge in [0.1, 0.15) is 0 Å². The summed E-state index contributed by atoms with van der Waals surface area (Å²) in [5.74, 6) is 0.304. The highest BCUT2D eigenvalue weighted by atomic mass is 16.3. The van der Waals surface area contributed by atoms with Crippen LogP contribution in [0, 0.1) is 0 Å². The largest absolute Gasteiger partial charge is 0.459 e. The third-order valence-corrected chi connectivity index (χ3v) is 3.11. The van der Waals surface area contributed by atoms with Gasteiger partial charge in [0.2, 0.25) is 0 Å². The summed E-state index contributed by atoms with van der Waals surface area (Å²) < 4.78 is 5.06. The second-order valence-corrected chi connectivity index (χ2v) is 4.16. The van der Waals surface area contributed by atoms with Crippen LogP contribution in [-0.4, -0.2) is 36.5 Å².